The number of aromatic nitrogens is 1. The highest BCUT2D eigenvalue weighted by molar-refractivity contribution is 7.21. The highest BCUT2D eigenvalue weighted by Crippen LogP contribution is 2.35. The summed E-state index contributed by atoms with van der Waals surface area (Å²) in [5.41, 5.74) is 8.48. The lowest BCUT2D eigenvalue weighted by Crippen LogP contribution is -2.42. The van der Waals surface area contributed by atoms with Gasteiger partial charge in [-0.15, -0.1) is 11.3 Å². The lowest BCUT2D eigenvalue weighted by Gasteiger charge is -2.31. The van der Waals surface area contributed by atoms with E-state index in [0.29, 0.717) is 40.1 Å². The van der Waals surface area contributed by atoms with Crippen molar-refractivity contribution in [3.8, 4) is 11.3 Å². The van der Waals surface area contributed by atoms with Gasteiger partial charge < -0.3 is 15.4 Å². The van der Waals surface area contributed by atoms with Crippen molar-refractivity contribution < 1.29 is 14.3 Å². The van der Waals surface area contributed by atoms with Crippen molar-refractivity contribution in [1.29, 1.82) is 0 Å². The predicted octanol–water partition coefficient (Wildman–Crippen LogP) is 4.61. The van der Waals surface area contributed by atoms with Crippen molar-refractivity contribution in [2.24, 2.45) is 5.92 Å². The molecule has 30 heavy (non-hydrogen) atoms. The normalized spacial score (nSPS) is 16.6. The minimum absolute atomic E-state index is 0.155. The molecule has 0 aliphatic carbocycles. The van der Waals surface area contributed by atoms with Crippen LogP contribution < -0.4 is 5.73 Å². The molecule has 0 saturated carbocycles. The second kappa shape index (κ2) is 8.62. The van der Waals surface area contributed by atoms with Gasteiger partial charge in [-0.1, -0.05) is 23.7 Å². The van der Waals surface area contributed by atoms with Gasteiger partial charge in [-0.05, 0) is 44.0 Å². The first-order valence-corrected chi connectivity index (χ1v) is 11.1. The molecular formula is C22H22ClN3O3S. The Hall–Kier alpha value is -2.64. The molecule has 8 heteroatoms. The molecule has 1 amide bonds. The second-order valence-corrected chi connectivity index (χ2v) is 8.68. The number of carbonyl (C=O) groups excluding carboxylic acids is 2. The third kappa shape index (κ3) is 4.00. The third-order valence-electron chi connectivity index (χ3n) is 5.26. The first kappa shape index (κ1) is 20.6. The summed E-state index contributed by atoms with van der Waals surface area (Å²) in [6.45, 7) is 3.09. The van der Waals surface area contributed by atoms with E-state index < -0.39 is 0 Å². The number of halogens is 1. The van der Waals surface area contributed by atoms with Crippen LogP contribution >= 0.6 is 22.9 Å². The van der Waals surface area contributed by atoms with Crippen LogP contribution in [0.5, 0.6) is 0 Å². The van der Waals surface area contributed by atoms with Gasteiger partial charge in [-0.3, -0.25) is 9.59 Å². The molecule has 2 aromatic heterocycles. The number of pyridine rings is 1. The number of benzene rings is 1. The SMILES string of the molecule is CCOC(=O)C1CCCN(C(=O)c2sc3nc(-c4ccc(Cl)cc4)ccc3c2N)C1. The minimum atomic E-state index is -0.284. The van der Waals surface area contributed by atoms with Gasteiger partial charge in [0.05, 0.1) is 23.9 Å². The fourth-order valence-electron chi connectivity index (χ4n) is 3.70. The molecule has 6 nitrogen and oxygen atoms in total. The summed E-state index contributed by atoms with van der Waals surface area (Å²) in [5, 5.41) is 1.43. The van der Waals surface area contributed by atoms with Crippen molar-refractivity contribution in [2.45, 2.75) is 19.8 Å². The maximum absolute atomic E-state index is 13.2. The Morgan fingerprint density at radius 2 is 2.03 bits per heavy atom. The summed E-state index contributed by atoms with van der Waals surface area (Å²) >= 11 is 7.26. The quantitative estimate of drug-likeness (QED) is 0.595. The second-order valence-electron chi connectivity index (χ2n) is 7.24. The van der Waals surface area contributed by atoms with E-state index in [4.69, 9.17) is 27.1 Å². The molecule has 0 radical (unpaired) electrons. The number of esters is 1. The summed E-state index contributed by atoms with van der Waals surface area (Å²) in [5.74, 6) is -0.681. The van der Waals surface area contributed by atoms with E-state index in [-0.39, 0.29) is 17.8 Å². The first-order chi connectivity index (χ1) is 14.5. The Labute approximate surface area is 183 Å². The van der Waals surface area contributed by atoms with Crippen molar-refractivity contribution in [3.63, 3.8) is 0 Å². The van der Waals surface area contributed by atoms with E-state index in [1.807, 2.05) is 36.4 Å². The lowest BCUT2D eigenvalue weighted by atomic mass is 9.98. The van der Waals surface area contributed by atoms with Crippen LogP contribution in [0, 0.1) is 5.92 Å². The van der Waals surface area contributed by atoms with E-state index in [1.165, 1.54) is 11.3 Å². The summed E-state index contributed by atoms with van der Waals surface area (Å²) in [6.07, 6.45) is 1.50. The number of rotatable bonds is 4. The van der Waals surface area contributed by atoms with Crippen LogP contribution in [0.2, 0.25) is 5.02 Å². The minimum Gasteiger partial charge on any atom is -0.466 e. The van der Waals surface area contributed by atoms with Gasteiger partial charge in [0.15, 0.2) is 0 Å². The molecule has 1 aliphatic rings. The molecule has 3 heterocycles. The monoisotopic (exact) mass is 443 g/mol. The van der Waals surface area contributed by atoms with E-state index in [9.17, 15) is 9.59 Å². The number of nitrogens with two attached hydrogens (primary N) is 1. The van der Waals surface area contributed by atoms with Gasteiger partial charge in [0, 0.05) is 29.1 Å². The zero-order chi connectivity index (χ0) is 21.3. The molecule has 2 N–H and O–H groups in total. The predicted molar refractivity (Wildman–Crippen MR) is 120 cm³/mol. The average molecular weight is 444 g/mol. The fourth-order valence-corrected chi connectivity index (χ4v) is 4.88. The number of fused-ring (bicyclic) bond motifs is 1. The van der Waals surface area contributed by atoms with E-state index in [1.54, 1.807) is 11.8 Å². The average Bonchev–Trinajstić information content (AvgIpc) is 3.10. The molecule has 156 valence electrons. The van der Waals surface area contributed by atoms with Crippen LogP contribution in [0.25, 0.3) is 21.5 Å². The maximum atomic E-state index is 13.2. The van der Waals surface area contributed by atoms with Crippen LogP contribution in [-0.2, 0) is 9.53 Å². The van der Waals surface area contributed by atoms with Gasteiger partial charge in [-0.2, -0.15) is 0 Å². The standard InChI is InChI=1S/C22H22ClN3O3S/c1-2-29-22(28)14-4-3-11-26(12-14)21(27)19-18(24)16-9-10-17(25-20(16)30-19)13-5-7-15(23)8-6-13/h5-10,14H,2-4,11-12,24H2,1H3. The lowest BCUT2D eigenvalue weighted by molar-refractivity contribution is -0.149. The molecule has 1 unspecified atom stereocenters. The van der Waals surface area contributed by atoms with E-state index in [0.717, 1.165) is 29.5 Å². The molecule has 1 aliphatic heterocycles. The zero-order valence-electron chi connectivity index (χ0n) is 16.6. The highest BCUT2D eigenvalue weighted by Gasteiger charge is 2.31. The number of carbonyl (C=O) groups is 2. The van der Waals surface area contributed by atoms with Crippen molar-refractivity contribution in [1.82, 2.24) is 9.88 Å². The van der Waals surface area contributed by atoms with E-state index in [2.05, 4.69) is 0 Å². The van der Waals surface area contributed by atoms with Crippen molar-refractivity contribution in [2.75, 3.05) is 25.4 Å². The molecule has 1 saturated heterocycles. The largest absolute Gasteiger partial charge is 0.466 e. The highest BCUT2D eigenvalue weighted by atomic mass is 35.5. The topological polar surface area (TPSA) is 85.5 Å². The smallest absolute Gasteiger partial charge is 0.310 e. The number of hydrogen-bond donors (Lipinski definition) is 1. The molecule has 1 aromatic carbocycles. The number of thiophene rings is 1. The number of likely N-dealkylation sites (tertiary alicyclic amines) is 1. The van der Waals surface area contributed by atoms with Gasteiger partial charge in [0.25, 0.3) is 5.91 Å². The van der Waals surface area contributed by atoms with Crippen LogP contribution in [0.15, 0.2) is 36.4 Å². The molecular weight excluding hydrogens is 422 g/mol. The number of anilines is 1. The summed E-state index contributed by atoms with van der Waals surface area (Å²) in [7, 11) is 0. The number of nitrogens with zero attached hydrogens (tertiary/aromatic N) is 2. The number of hydrogen-bond acceptors (Lipinski definition) is 6. The van der Waals surface area contributed by atoms with Crippen LogP contribution in [0.4, 0.5) is 5.69 Å². The van der Waals surface area contributed by atoms with Gasteiger partial charge in [-0.25, -0.2) is 4.98 Å². The Balaban J connectivity index is 1.60. The number of nitrogen functional groups attached to an aromatic ring is 1. The van der Waals surface area contributed by atoms with Gasteiger partial charge in [0.2, 0.25) is 0 Å². The van der Waals surface area contributed by atoms with Crippen molar-refractivity contribution in [3.05, 3.63) is 46.3 Å². The Morgan fingerprint density at radius 1 is 1.27 bits per heavy atom. The Bertz CT molecular complexity index is 1100. The summed E-state index contributed by atoms with van der Waals surface area (Å²) in [4.78, 5) is 32.9. The van der Waals surface area contributed by atoms with Crippen LogP contribution in [0.3, 0.4) is 0 Å². The molecule has 0 spiro atoms. The third-order valence-corrected chi connectivity index (χ3v) is 6.61. The van der Waals surface area contributed by atoms with Crippen molar-refractivity contribution >= 4 is 50.7 Å². The van der Waals surface area contributed by atoms with Gasteiger partial charge >= 0.3 is 5.97 Å². The number of amides is 1. The zero-order valence-corrected chi connectivity index (χ0v) is 18.1. The molecule has 3 aromatic rings. The molecule has 4 rings (SSSR count). The molecule has 1 fully saturated rings. The van der Waals surface area contributed by atoms with Crippen LogP contribution in [0.1, 0.15) is 29.4 Å². The fraction of sp³-hybridized carbons (Fsp3) is 0.318. The number of piperidine rings is 1. The van der Waals surface area contributed by atoms with Crippen LogP contribution in [-0.4, -0.2) is 41.5 Å². The Kier molecular flexibility index (Phi) is 5.92. The first-order valence-electron chi connectivity index (χ1n) is 9.88. The molecule has 1 atom stereocenters. The Morgan fingerprint density at radius 3 is 2.77 bits per heavy atom. The van der Waals surface area contributed by atoms with Gasteiger partial charge in [0.1, 0.15) is 9.71 Å². The number of ether oxygens (including phenoxy) is 1. The van der Waals surface area contributed by atoms with E-state index >= 15 is 0 Å². The maximum Gasteiger partial charge on any atom is 0.310 e. The summed E-state index contributed by atoms with van der Waals surface area (Å²) < 4.78 is 5.13. The molecule has 0 bridgehead atoms. The summed E-state index contributed by atoms with van der Waals surface area (Å²) in [6, 6.07) is 11.2.